The molecule has 1 aliphatic heterocycles. The average Bonchev–Trinajstić information content (AvgIpc) is 3.32. The Morgan fingerprint density at radius 3 is 1.48 bits per heavy atom. The molecule has 0 aromatic rings. The first-order chi connectivity index (χ1) is 33.6. The summed E-state index contributed by atoms with van der Waals surface area (Å²) in [6.45, 7) is 3.79. The standard InChI is InChI=1S/C56H94O12S/c1-3-5-7-9-11-13-15-17-19-21-22-23-24-25-26-27-28-29-30-32-34-36-38-40-42-44-46-64-48-50(49-65-56-54(60)55(68-69(61,62)63)53(59)51(47-57)67-56)66-52(58)45-43-41-39-37-35-33-31-20-18-16-14-12-10-8-6-4-2/h5,7,11,13,17,19-20,22-23,25-26,28-29,31-32,34,50-51,53-57,59-60H,3-4,6,8-10,12,14-16,18,21,24,27,30,33,35-49H2,1-2H3,(H,61,62,63)/b7-5-,13-11-,19-17-,23-22-,26-25-,29-28-,31-20-,34-32-. The van der Waals surface area contributed by atoms with Crippen LogP contribution in [0.2, 0.25) is 0 Å². The van der Waals surface area contributed by atoms with Crippen molar-refractivity contribution >= 4 is 16.4 Å². The Hall–Kier alpha value is -2.98. The van der Waals surface area contributed by atoms with Crippen LogP contribution in [0.3, 0.4) is 0 Å². The van der Waals surface area contributed by atoms with Crippen LogP contribution in [0.15, 0.2) is 97.2 Å². The second kappa shape index (κ2) is 46.1. The maximum absolute atomic E-state index is 12.9. The summed E-state index contributed by atoms with van der Waals surface area (Å²) in [5.41, 5.74) is 0. The quantitative estimate of drug-likeness (QED) is 0.0197. The van der Waals surface area contributed by atoms with Crippen LogP contribution in [0.25, 0.3) is 0 Å². The van der Waals surface area contributed by atoms with E-state index in [0.29, 0.717) is 13.0 Å². The van der Waals surface area contributed by atoms with Gasteiger partial charge in [0.1, 0.15) is 30.5 Å². The summed E-state index contributed by atoms with van der Waals surface area (Å²) in [5.74, 6) is -0.421. The van der Waals surface area contributed by atoms with Crippen LogP contribution in [0.5, 0.6) is 0 Å². The van der Waals surface area contributed by atoms with Gasteiger partial charge in [-0.1, -0.05) is 182 Å². The molecule has 6 atom stereocenters. The SMILES string of the molecule is CC/C=C\C/C=C\C/C=C\C/C=C\C/C=C\C/C=C\C/C=C\CCCCCCOCC(COC1OC(CO)C(O)C(OS(=O)(=O)O)C1O)OC(=O)CCCCCCC/C=C\CCCCCCCCC. The summed E-state index contributed by atoms with van der Waals surface area (Å²) in [6.07, 6.45) is 54.4. The number of carbonyl (C=O) groups excluding carboxylic acids is 1. The van der Waals surface area contributed by atoms with E-state index in [1.54, 1.807) is 0 Å². The molecular weight excluding hydrogens is 897 g/mol. The lowest BCUT2D eigenvalue weighted by Gasteiger charge is -2.41. The van der Waals surface area contributed by atoms with E-state index >= 15 is 0 Å². The summed E-state index contributed by atoms with van der Waals surface area (Å²) >= 11 is 0. The molecule has 0 amide bonds. The molecule has 6 unspecified atom stereocenters. The molecule has 1 aliphatic rings. The number of hydrogen-bond acceptors (Lipinski definition) is 11. The first kappa shape index (κ1) is 64.0. The van der Waals surface area contributed by atoms with Crippen molar-refractivity contribution in [1.29, 1.82) is 0 Å². The van der Waals surface area contributed by atoms with E-state index in [1.165, 1.54) is 44.9 Å². The van der Waals surface area contributed by atoms with Crippen LogP contribution in [-0.4, -0.2) is 97.5 Å². The molecule has 13 heteroatoms. The topological polar surface area (TPSA) is 178 Å². The van der Waals surface area contributed by atoms with Crippen LogP contribution >= 0.6 is 0 Å². The zero-order chi connectivity index (χ0) is 50.3. The molecule has 0 aliphatic carbocycles. The minimum Gasteiger partial charge on any atom is -0.457 e. The van der Waals surface area contributed by atoms with Gasteiger partial charge in [0.15, 0.2) is 6.29 Å². The Morgan fingerprint density at radius 1 is 0.565 bits per heavy atom. The molecular formula is C56H94O12S. The number of carbonyl (C=O) groups is 1. The number of esters is 1. The van der Waals surface area contributed by atoms with Gasteiger partial charge in [-0.2, -0.15) is 8.42 Å². The molecule has 0 aromatic carbocycles. The maximum atomic E-state index is 12.9. The molecule has 1 fully saturated rings. The Kier molecular flexibility index (Phi) is 42.8. The minimum absolute atomic E-state index is 0.00929. The van der Waals surface area contributed by atoms with Crippen molar-refractivity contribution in [2.24, 2.45) is 0 Å². The molecule has 0 spiro atoms. The smallest absolute Gasteiger partial charge is 0.397 e. The fraction of sp³-hybridized carbons (Fsp3) is 0.696. The van der Waals surface area contributed by atoms with Crippen molar-refractivity contribution in [2.75, 3.05) is 26.4 Å². The second-order valence-corrected chi connectivity index (χ2v) is 18.8. The molecule has 0 bridgehead atoms. The second-order valence-electron chi connectivity index (χ2n) is 17.7. The number of allylic oxidation sites excluding steroid dienone is 16. The van der Waals surface area contributed by atoms with E-state index in [-0.39, 0.29) is 19.6 Å². The van der Waals surface area contributed by atoms with Gasteiger partial charge < -0.3 is 34.3 Å². The van der Waals surface area contributed by atoms with Crippen molar-refractivity contribution in [3.8, 4) is 0 Å². The third-order valence-corrected chi connectivity index (χ3v) is 11.9. The predicted octanol–water partition coefficient (Wildman–Crippen LogP) is 12.6. The number of hydrogen-bond donors (Lipinski definition) is 4. The third kappa shape index (κ3) is 39.3. The van der Waals surface area contributed by atoms with Crippen molar-refractivity contribution in [3.05, 3.63) is 97.2 Å². The van der Waals surface area contributed by atoms with Crippen molar-refractivity contribution in [3.63, 3.8) is 0 Å². The van der Waals surface area contributed by atoms with E-state index in [4.69, 9.17) is 18.9 Å². The Bertz CT molecular complexity index is 1570. The molecule has 396 valence electrons. The number of aliphatic hydroxyl groups is 3. The van der Waals surface area contributed by atoms with Crippen LogP contribution in [0.1, 0.15) is 187 Å². The van der Waals surface area contributed by atoms with Crippen LogP contribution in [-0.2, 0) is 38.3 Å². The highest BCUT2D eigenvalue weighted by molar-refractivity contribution is 7.80. The zero-order valence-electron chi connectivity index (χ0n) is 42.6. The van der Waals surface area contributed by atoms with Crippen LogP contribution < -0.4 is 0 Å². The highest BCUT2D eigenvalue weighted by Gasteiger charge is 2.48. The maximum Gasteiger partial charge on any atom is 0.397 e. The first-order valence-electron chi connectivity index (χ1n) is 26.5. The Morgan fingerprint density at radius 2 is 1.00 bits per heavy atom. The predicted molar refractivity (Wildman–Crippen MR) is 280 cm³/mol. The van der Waals surface area contributed by atoms with Crippen LogP contribution in [0.4, 0.5) is 0 Å². The molecule has 0 radical (unpaired) electrons. The molecule has 12 nitrogen and oxygen atoms in total. The van der Waals surface area contributed by atoms with E-state index in [2.05, 4.69) is 115 Å². The fourth-order valence-corrected chi connectivity index (χ4v) is 7.98. The summed E-state index contributed by atoms with van der Waals surface area (Å²) < 4.78 is 59.2. The molecule has 1 saturated heterocycles. The van der Waals surface area contributed by atoms with Crippen LogP contribution in [0, 0.1) is 0 Å². The van der Waals surface area contributed by atoms with Crippen molar-refractivity contribution in [2.45, 2.75) is 224 Å². The minimum atomic E-state index is -5.08. The summed E-state index contributed by atoms with van der Waals surface area (Å²) in [5, 5.41) is 30.8. The summed E-state index contributed by atoms with van der Waals surface area (Å²) in [6, 6.07) is 0. The normalized spacial score (nSPS) is 20.0. The van der Waals surface area contributed by atoms with E-state index < -0.39 is 59.8 Å². The largest absolute Gasteiger partial charge is 0.457 e. The highest BCUT2D eigenvalue weighted by Crippen LogP contribution is 2.26. The van der Waals surface area contributed by atoms with Crippen molar-refractivity contribution < 1.29 is 56.2 Å². The van der Waals surface area contributed by atoms with Gasteiger partial charge >= 0.3 is 16.4 Å². The molecule has 1 heterocycles. The number of aliphatic hydroxyl groups excluding tert-OH is 3. The van der Waals surface area contributed by atoms with Gasteiger partial charge in [-0.05, 0) is 96.3 Å². The van der Waals surface area contributed by atoms with E-state index in [1.807, 2.05) is 0 Å². The fourth-order valence-electron chi connectivity index (χ4n) is 7.47. The number of ether oxygens (including phenoxy) is 4. The Balaban J connectivity index is 2.38. The summed E-state index contributed by atoms with van der Waals surface area (Å²) in [4.78, 5) is 12.9. The summed E-state index contributed by atoms with van der Waals surface area (Å²) in [7, 11) is -5.08. The van der Waals surface area contributed by atoms with Gasteiger partial charge in [-0.15, -0.1) is 0 Å². The third-order valence-electron chi connectivity index (χ3n) is 11.4. The van der Waals surface area contributed by atoms with Crippen molar-refractivity contribution in [1.82, 2.24) is 0 Å². The van der Waals surface area contributed by atoms with Gasteiger partial charge in [0.05, 0.1) is 19.8 Å². The lowest BCUT2D eigenvalue weighted by molar-refractivity contribution is -0.301. The first-order valence-corrected chi connectivity index (χ1v) is 27.9. The highest BCUT2D eigenvalue weighted by atomic mass is 32.3. The molecule has 0 aromatic heterocycles. The molecule has 69 heavy (non-hydrogen) atoms. The molecule has 0 saturated carbocycles. The monoisotopic (exact) mass is 991 g/mol. The van der Waals surface area contributed by atoms with Gasteiger partial charge in [0.25, 0.3) is 0 Å². The Labute approximate surface area is 418 Å². The van der Waals surface area contributed by atoms with Gasteiger partial charge in [-0.3, -0.25) is 9.35 Å². The average molecular weight is 991 g/mol. The number of rotatable bonds is 45. The zero-order valence-corrected chi connectivity index (χ0v) is 43.4. The molecule has 4 N–H and O–H groups in total. The number of unbranched alkanes of at least 4 members (excludes halogenated alkanes) is 16. The lowest BCUT2D eigenvalue weighted by Crippen LogP contribution is -2.60. The van der Waals surface area contributed by atoms with Gasteiger partial charge in [0.2, 0.25) is 0 Å². The van der Waals surface area contributed by atoms with Gasteiger partial charge in [-0.25, -0.2) is 4.18 Å². The van der Waals surface area contributed by atoms with E-state index in [0.717, 1.165) is 116 Å². The molecule has 1 rings (SSSR count). The lowest BCUT2D eigenvalue weighted by atomic mass is 9.99. The van der Waals surface area contributed by atoms with E-state index in [9.17, 15) is 33.1 Å². The van der Waals surface area contributed by atoms with Gasteiger partial charge in [0, 0.05) is 13.0 Å².